The van der Waals surface area contributed by atoms with Crippen molar-refractivity contribution in [2.24, 2.45) is 0 Å². The molecule has 0 saturated heterocycles. The van der Waals surface area contributed by atoms with Crippen LogP contribution in [0, 0.1) is 0 Å². The van der Waals surface area contributed by atoms with Crippen LogP contribution in [0.4, 0.5) is 11.4 Å². The molecule has 0 atom stereocenters. The first kappa shape index (κ1) is 26.0. The Kier molecular flexibility index (Phi) is 9.93. The van der Waals surface area contributed by atoms with Crippen molar-refractivity contribution < 1.29 is 23.8 Å². The Morgan fingerprint density at radius 1 is 0.971 bits per heavy atom. The van der Waals surface area contributed by atoms with Gasteiger partial charge >= 0.3 is 11.9 Å². The molecule has 4 N–H and O–H groups in total. The minimum absolute atomic E-state index is 0.0836. The first-order chi connectivity index (χ1) is 16.9. The van der Waals surface area contributed by atoms with Crippen LogP contribution in [-0.4, -0.2) is 37.4 Å². The molecule has 1 aliphatic carbocycles. The van der Waals surface area contributed by atoms with E-state index in [-0.39, 0.29) is 24.8 Å². The lowest BCUT2D eigenvalue weighted by Crippen LogP contribution is -2.28. The molecule has 0 spiro atoms. The Balaban J connectivity index is 1.39. The highest BCUT2D eigenvalue weighted by atomic mass is 16.5. The number of anilines is 2. The monoisotopic (exact) mass is 478 g/mol. The Morgan fingerprint density at radius 3 is 2.37 bits per heavy atom. The van der Waals surface area contributed by atoms with Gasteiger partial charge in [0.1, 0.15) is 6.10 Å². The molecular weight excluding hydrogens is 444 g/mol. The number of carbonyl (C=O) groups excluding carboxylic acids is 2. The lowest BCUT2D eigenvalue weighted by atomic mass is 9.95. The fourth-order valence-corrected chi connectivity index (χ4v) is 3.90. The van der Waals surface area contributed by atoms with Crippen molar-refractivity contribution in [3.05, 3.63) is 77.9 Å². The van der Waals surface area contributed by atoms with Gasteiger partial charge in [-0.15, -0.1) is 6.58 Å². The van der Waals surface area contributed by atoms with Crippen molar-refractivity contribution in [2.45, 2.75) is 50.7 Å². The predicted octanol–water partition coefficient (Wildman–Crippen LogP) is 4.71. The normalized spacial score (nSPS) is 17.7. The van der Waals surface area contributed by atoms with Gasteiger partial charge in [0.05, 0.1) is 24.9 Å². The quantitative estimate of drug-likeness (QED) is 0.158. The third-order valence-corrected chi connectivity index (χ3v) is 5.91. The summed E-state index contributed by atoms with van der Waals surface area (Å²) in [6.07, 6.45) is 9.74. The van der Waals surface area contributed by atoms with E-state index in [0.717, 1.165) is 43.2 Å². The molecular formula is C28H34N2O5. The maximum atomic E-state index is 12.5. The van der Waals surface area contributed by atoms with Crippen LogP contribution in [0.25, 0.3) is 6.08 Å². The van der Waals surface area contributed by atoms with E-state index < -0.39 is 5.97 Å². The highest BCUT2D eigenvalue weighted by Gasteiger charge is 2.24. The number of nitrogen functional groups attached to an aromatic ring is 2. The number of ether oxygens (including phenoxy) is 3. The minimum atomic E-state index is -0.452. The zero-order valence-corrected chi connectivity index (χ0v) is 20.0. The molecule has 0 radical (unpaired) electrons. The van der Waals surface area contributed by atoms with Crippen molar-refractivity contribution in [2.75, 3.05) is 24.7 Å². The molecule has 0 aliphatic heterocycles. The lowest BCUT2D eigenvalue weighted by molar-refractivity contribution is -0.137. The topological polar surface area (TPSA) is 114 Å². The molecule has 1 saturated carbocycles. The largest absolute Gasteiger partial charge is 0.462 e. The summed E-state index contributed by atoms with van der Waals surface area (Å²) in [5, 5.41) is 0. The number of rotatable bonds is 11. The highest BCUT2D eigenvalue weighted by molar-refractivity contribution is 5.90. The first-order valence-electron chi connectivity index (χ1n) is 12.0. The molecule has 0 amide bonds. The van der Waals surface area contributed by atoms with E-state index in [0.29, 0.717) is 30.0 Å². The van der Waals surface area contributed by atoms with Crippen LogP contribution >= 0.6 is 0 Å². The molecule has 0 aromatic heterocycles. The number of nitrogens with two attached hydrogens (primary N) is 2. The van der Waals surface area contributed by atoms with E-state index in [1.807, 2.05) is 12.1 Å². The van der Waals surface area contributed by atoms with Crippen LogP contribution in [0.3, 0.4) is 0 Å². The number of hydrogen-bond acceptors (Lipinski definition) is 7. The third-order valence-electron chi connectivity index (χ3n) is 5.91. The molecule has 186 valence electrons. The average molecular weight is 479 g/mol. The number of hydrogen-bond donors (Lipinski definition) is 2. The number of carbonyl (C=O) groups is 2. The molecule has 3 rings (SSSR count). The second kappa shape index (κ2) is 13.3. The zero-order valence-electron chi connectivity index (χ0n) is 20.0. The molecule has 0 unspecified atom stereocenters. The van der Waals surface area contributed by atoms with Crippen LogP contribution in [0.5, 0.6) is 0 Å². The molecule has 7 nitrogen and oxygen atoms in total. The highest BCUT2D eigenvalue weighted by Crippen LogP contribution is 2.24. The Morgan fingerprint density at radius 2 is 1.69 bits per heavy atom. The summed E-state index contributed by atoms with van der Waals surface area (Å²) in [6, 6.07) is 12.2. The van der Waals surface area contributed by atoms with Gasteiger partial charge in [-0.3, -0.25) is 0 Å². The van der Waals surface area contributed by atoms with Gasteiger partial charge in [0.15, 0.2) is 0 Å². The lowest BCUT2D eigenvalue weighted by Gasteiger charge is -2.28. The summed E-state index contributed by atoms with van der Waals surface area (Å²) in [5.74, 6) is -0.788. The van der Waals surface area contributed by atoms with Crippen LogP contribution in [0.15, 0.2) is 61.2 Å². The van der Waals surface area contributed by atoms with E-state index in [1.54, 1.807) is 42.5 Å². The molecule has 35 heavy (non-hydrogen) atoms. The molecule has 0 bridgehead atoms. The Hall–Kier alpha value is -3.58. The van der Waals surface area contributed by atoms with E-state index in [2.05, 4.69) is 6.58 Å². The van der Waals surface area contributed by atoms with Gasteiger partial charge in [0, 0.05) is 23.9 Å². The fourth-order valence-electron chi connectivity index (χ4n) is 3.90. The van der Waals surface area contributed by atoms with E-state index in [9.17, 15) is 9.59 Å². The van der Waals surface area contributed by atoms with Crippen molar-refractivity contribution in [1.29, 1.82) is 0 Å². The summed E-state index contributed by atoms with van der Waals surface area (Å²) in [4.78, 5) is 24.5. The fraction of sp³-hybridized carbons (Fsp3) is 0.357. The van der Waals surface area contributed by atoms with Gasteiger partial charge in [0.2, 0.25) is 0 Å². The van der Waals surface area contributed by atoms with Crippen LogP contribution in [-0.2, 0) is 25.4 Å². The Labute approximate surface area is 206 Å². The van der Waals surface area contributed by atoms with Crippen molar-refractivity contribution in [3.8, 4) is 0 Å². The molecule has 1 fully saturated rings. The van der Waals surface area contributed by atoms with Crippen molar-refractivity contribution in [3.63, 3.8) is 0 Å². The van der Waals surface area contributed by atoms with Crippen LogP contribution in [0.1, 0.15) is 53.6 Å². The van der Waals surface area contributed by atoms with Gasteiger partial charge in [0.25, 0.3) is 0 Å². The van der Waals surface area contributed by atoms with E-state index in [1.165, 1.54) is 6.08 Å². The second-order valence-electron chi connectivity index (χ2n) is 8.58. The molecule has 0 heterocycles. The summed E-state index contributed by atoms with van der Waals surface area (Å²) in [6.45, 7) is 4.60. The SMILES string of the molecule is C=CCCOC1CCC(OC(=O)c2ccc(C=CC(=O)OCCc3ccc(N)cc3N)cc2)CC1. The van der Waals surface area contributed by atoms with Crippen LogP contribution in [0.2, 0.25) is 0 Å². The molecule has 2 aromatic rings. The first-order valence-corrected chi connectivity index (χ1v) is 12.0. The standard InChI is InChI=1S/C28H34N2O5/c1-2-3-17-33-24-11-13-25(14-12-24)35-28(32)22-7-4-20(5-8-22)6-15-27(31)34-18-16-21-9-10-23(29)19-26(21)30/h2,4-10,15,19,24-25H,1,3,11-14,16-18,29-30H2. The zero-order chi connectivity index (χ0) is 25.0. The minimum Gasteiger partial charge on any atom is -0.462 e. The molecule has 1 aliphatic rings. The van der Waals surface area contributed by atoms with E-state index >= 15 is 0 Å². The molecule has 2 aromatic carbocycles. The maximum Gasteiger partial charge on any atom is 0.338 e. The smallest absolute Gasteiger partial charge is 0.338 e. The van der Waals surface area contributed by atoms with E-state index in [4.69, 9.17) is 25.7 Å². The van der Waals surface area contributed by atoms with Crippen molar-refractivity contribution in [1.82, 2.24) is 0 Å². The number of benzene rings is 2. The summed E-state index contributed by atoms with van der Waals surface area (Å²) in [7, 11) is 0. The van der Waals surface area contributed by atoms with Crippen LogP contribution < -0.4 is 11.5 Å². The summed E-state index contributed by atoms with van der Waals surface area (Å²) >= 11 is 0. The van der Waals surface area contributed by atoms with Gasteiger partial charge in [-0.25, -0.2) is 9.59 Å². The summed E-state index contributed by atoms with van der Waals surface area (Å²) in [5.41, 5.74) is 14.9. The van der Waals surface area contributed by atoms with Gasteiger partial charge in [-0.1, -0.05) is 24.3 Å². The second-order valence-corrected chi connectivity index (χ2v) is 8.58. The van der Waals surface area contributed by atoms with Crippen molar-refractivity contribution >= 4 is 29.4 Å². The number of esters is 2. The third kappa shape index (κ3) is 8.61. The summed E-state index contributed by atoms with van der Waals surface area (Å²) < 4.78 is 16.7. The predicted molar refractivity (Wildman–Crippen MR) is 138 cm³/mol. The maximum absolute atomic E-state index is 12.5. The van der Waals surface area contributed by atoms with Gasteiger partial charge < -0.3 is 25.7 Å². The average Bonchev–Trinajstić information content (AvgIpc) is 2.85. The molecule has 7 heteroatoms. The van der Waals surface area contributed by atoms with Gasteiger partial charge in [-0.05, 0) is 73.6 Å². The van der Waals surface area contributed by atoms with Gasteiger partial charge in [-0.2, -0.15) is 0 Å². The Bertz CT molecular complexity index is 1020.